The Labute approximate surface area is 119 Å². The van der Waals surface area contributed by atoms with Gasteiger partial charge in [-0.1, -0.05) is 31.2 Å². The first-order valence-corrected chi connectivity index (χ1v) is 6.87. The zero-order valence-electron chi connectivity index (χ0n) is 11.8. The van der Waals surface area contributed by atoms with Crippen LogP contribution in [0, 0.1) is 0 Å². The van der Waals surface area contributed by atoms with Gasteiger partial charge in [0.2, 0.25) is 0 Å². The quantitative estimate of drug-likeness (QED) is 0.789. The first-order valence-electron chi connectivity index (χ1n) is 6.87. The SMILES string of the molecule is CCOc1ccccc1Nc1ccccc1C(=O)CC. The monoisotopic (exact) mass is 269 g/mol. The Kier molecular flexibility index (Phi) is 4.77. The molecule has 3 heteroatoms. The predicted octanol–water partition coefficient (Wildman–Crippen LogP) is 4.42. The number of anilines is 2. The van der Waals surface area contributed by atoms with E-state index >= 15 is 0 Å². The van der Waals surface area contributed by atoms with Crippen LogP contribution in [0.4, 0.5) is 11.4 Å². The molecule has 0 fully saturated rings. The number of ether oxygens (including phenoxy) is 1. The molecule has 0 radical (unpaired) electrons. The molecule has 104 valence electrons. The Morgan fingerprint density at radius 3 is 2.35 bits per heavy atom. The van der Waals surface area contributed by atoms with Crippen molar-refractivity contribution in [2.45, 2.75) is 20.3 Å². The van der Waals surface area contributed by atoms with Gasteiger partial charge in [0, 0.05) is 17.7 Å². The summed E-state index contributed by atoms with van der Waals surface area (Å²) in [5, 5.41) is 3.30. The number of nitrogens with one attached hydrogen (secondary N) is 1. The zero-order chi connectivity index (χ0) is 14.4. The number of ketones is 1. The van der Waals surface area contributed by atoms with E-state index in [0.717, 1.165) is 17.1 Å². The third-order valence-electron chi connectivity index (χ3n) is 3.00. The molecule has 0 bridgehead atoms. The van der Waals surface area contributed by atoms with Gasteiger partial charge in [-0.05, 0) is 31.2 Å². The fourth-order valence-electron chi connectivity index (χ4n) is 2.02. The minimum absolute atomic E-state index is 0.127. The highest BCUT2D eigenvalue weighted by Gasteiger charge is 2.10. The van der Waals surface area contributed by atoms with Crippen molar-refractivity contribution in [1.29, 1.82) is 0 Å². The van der Waals surface area contributed by atoms with Crippen LogP contribution in [0.25, 0.3) is 0 Å². The summed E-state index contributed by atoms with van der Waals surface area (Å²) < 4.78 is 5.59. The lowest BCUT2D eigenvalue weighted by Crippen LogP contribution is -2.03. The van der Waals surface area contributed by atoms with Crippen molar-refractivity contribution in [3.05, 3.63) is 54.1 Å². The van der Waals surface area contributed by atoms with Gasteiger partial charge >= 0.3 is 0 Å². The number of carbonyl (C=O) groups is 1. The molecule has 0 aliphatic rings. The second kappa shape index (κ2) is 6.75. The van der Waals surface area contributed by atoms with Crippen molar-refractivity contribution in [1.82, 2.24) is 0 Å². The molecular formula is C17H19NO2. The third kappa shape index (κ3) is 3.18. The number of Topliss-reactive ketones (excluding diaryl/α,β-unsaturated/α-hetero) is 1. The molecule has 20 heavy (non-hydrogen) atoms. The van der Waals surface area contributed by atoms with Gasteiger partial charge < -0.3 is 10.1 Å². The Hall–Kier alpha value is -2.29. The predicted molar refractivity (Wildman–Crippen MR) is 82.0 cm³/mol. The van der Waals surface area contributed by atoms with E-state index in [1.807, 2.05) is 62.4 Å². The second-order valence-corrected chi connectivity index (χ2v) is 4.38. The van der Waals surface area contributed by atoms with E-state index in [2.05, 4.69) is 5.32 Å². The topological polar surface area (TPSA) is 38.3 Å². The highest BCUT2D eigenvalue weighted by atomic mass is 16.5. The van der Waals surface area contributed by atoms with Gasteiger partial charge in [-0.2, -0.15) is 0 Å². The molecule has 0 amide bonds. The fraction of sp³-hybridized carbons (Fsp3) is 0.235. The Morgan fingerprint density at radius 1 is 1.00 bits per heavy atom. The van der Waals surface area contributed by atoms with Crippen LogP contribution < -0.4 is 10.1 Å². The lowest BCUT2D eigenvalue weighted by Gasteiger charge is -2.14. The van der Waals surface area contributed by atoms with Gasteiger partial charge in [-0.15, -0.1) is 0 Å². The van der Waals surface area contributed by atoms with Crippen LogP contribution in [0.2, 0.25) is 0 Å². The number of hydrogen-bond donors (Lipinski definition) is 1. The van der Waals surface area contributed by atoms with Gasteiger partial charge in [0.05, 0.1) is 12.3 Å². The Morgan fingerprint density at radius 2 is 1.65 bits per heavy atom. The van der Waals surface area contributed by atoms with E-state index in [0.29, 0.717) is 18.6 Å². The molecule has 2 aromatic carbocycles. The molecule has 0 aliphatic carbocycles. The lowest BCUT2D eigenvalue weighted by molar-refractivity contribution is 0.0989. The Balaban J connectivity index is 2.33. The fourth-order valence-corrected chi connectivity index (χ4v) is 2.02. The molecule has 0 aliphatic heterocycles. The van der Waals surface area contributed by atoms with Crippen molar-refractivity contribution in [3.63, 3.8) is 0 Å². The van der Waals surface area contributed by atoms with Crippen LogP contribution >= 0.6 is 0 Å². The van der Waals surface area contributed by atoms with E-state index in [4.69, 9.17) is 4.74 Å². The van der Waals surface area contributed by atoms with Gasteiger partial charge in [0.1, 0.15) is 5.75 Å². The average molecular weight is 269 g/mol. The maximum atomic E-state index is 12.0. The summed E-state index contributed by atoms with van der Waals surface area (Å²) >= 11 is 0. The van der Waals surface area contributed by atoms with Crippen LogP contribution in [0.3, 0.4) is 0 Å². The van der Waals surface area contributed by atoms with Crippen LogP contribution in [-0.2, 0) is 0 Å². The summed E-state index contributed by atoms with van der Waals surface area (Å²) in [6.45, 7) is 4.42. The summed E-state index contributed by atoms with van der Waals surface area (Å²) in [6.07, 6.45) is 0.492. The van der Waals surface area contributed by atoms with Gasteiger partial charge in [0.15, 0.2) is 5.78 Å². The first-order chi connectivity index (χ1) is 9.76. The standard InChI is InChI=1S/C17H19NO2/c1-3-16(19)13-9-5-6-10-14(13)18-15-11-7-8-12-17(15)20-4-2/h5-12,18H,3-4H2,1-2H3. The van der Waals surface area contributed by atoms with E-state index in [-0.39, 0.29) is 5.78 Å². The molecule has 2 aromatic rings. The molecule has 0 aromatic heterocycles. The summed E-state index contributed by atoms with van der Waals surface area (Å²) in [4.78, 5) is 12.0. The summed E-state index contributed by atoms with van der Waals surface area (Å²) in [5.74, 6) is 0.913. The lowest BCUT2D eigenvalue weighted by atomic mass is 10.1. The zero-order valence-corrected chi connectivity index (χ0v) is 11.8. The smallest absolute Gasteiger partial charge is 0.164 e. The van der Waals surface area contributed by atoms with E-state index < -0.39 is 0 Å². The number of carbonyl (C=O) groups excluding carboxylic acids is 1. The van der Waals surface area contributed by atoms with E-state index in [9.17, 15) is 4.79 Å². The maximum absolute atomic E-state index is 12.0. The first kappa shape index (κ1) is 14.1. The second-order valence-electron chi connectivity index (χ2n) is 4.38. The van der Waals surface area contributed by atoms with Crippen LogP contribution in [0.15, 0.2) is 48.5 Å². The van der Waals surface area contributed by atoms with E-state index in [1.165, 1.54) is 0 Å². The largest absolute Gasteiger partial charge is 0.492 e. The summed E-state index contributed by atoms with van der Waals surface area (Å²) in [6, 6.07) is 15.3. The highest BCUT2D eigenvalue weighted by Crippen LogP contribution is 2.29. The minimum Gasteiger partial charge on any atom is -0.492 e. The van der Waals surface area contributed by atoms with Crippen LogP contribution in [0.1, 0.15) is 30.6 Å². The third-order valence-corrected chi connectivity index (χ3v) is 3.00. The molecule has 1 N–H and O–H groups in total. The van der Waals surface area contributed by atoms with Crippen molar-refractivity contribution >= 4 is 17.2 Å². The molecule has 0 heterocycles. The highest BCUT2D eigenvalue weighted by molar-refractivity contribution is 6.01. The molecule has 0 atom stereocenters. The normalized spacial score (nSPS) is 10.1. The number of benzene rings is 2. The molecule has 0 unspecified atom stereocenters. The van der Waals surface area contributed by atoms with Crippen molar-refractivity contribution in [3.8, 4) is 5.75 Å². The Bertz CT molecular complexity index is 593. The molecule has 0 saturated carbocycles. The molecular weight excluding hydrogens is 250 g/mol. The molecule has 2 rings (SSSR count). The number of para-hydroxylation sites is 3. The van der Waals surface area contributed by atoms with Crippen molar-refractivity contribution in [2.75, 3.05) is 11.9 Å². The van der Waals surface area contributed by atoms with Gasteiger partial charge in [-0.3, -0.25) is 4.79 Å². The van der Waals surface area contributed by atoms with Crippen molar-refractivity contribution < 1.29 is 9.53 Å². The summed E-state index contributed by atoms with van der Waals surface area (Å²) in [7, 11) is 0. The minimum atomic E-state index is 0.127. The maximum Gasteiger partial charge on any atom is 0.164 e. The molecule has 0 saturated heterocycles. The van der Waals surface area contributed by atoms with Gasteiger partial charge in [-0.25, -0.2) is 0 Å². The van der Waals surface area contributed by atoms with Crippen LogP contribution in [-0.4, -0.2) is 12.4 Å². The molecule has 3 nitrogen and oxygen atoms in total. The van der Waals surface area contributed by atoms with E-state index in [1.54, 1.807) is 0 Å². The van der Waals surface area contributed by atoms with Crippen molar-refractivity contribution in [2.24, 2.45) is 0 Å². The van der Waals surface area contributed by atoms with Gasteiger partial charge in [0.25, 0.3) is 0 Å². The summed E-state index contributed by atoms with van der Waals surface area (Å²) in [5.41, 5.74) is 2.39. The number of rotatable bonds is 6. The molecule has 0 spiro atoms. The number of hydrogen-bond acceptors (Lipinski definition) is 3. The van der Waals surface area contributed by atoms with Crippen LogP contribution in [0.5, 0.6) is 5.75 Å². The average Bonchev–Trinajstić information content (AvgIpc) is 2.49.